The van der Waals surface area contributed by atoms with Gasteiger partial charge in [-0.15, -0.1) is 0 Å². The number of nitrogens with zero attached hydrogens (tertiary/aromatic N) is 1. The number of nitriles is 1. The highest BCUT2D eigenvalue weighted by molar-refractivity contribution is 7.97. The van der Waals surface area contributed by atoms with Crippen LogP contribution in [0, 0.1) is 11.3 Å². The molecule has 3 aromatic carbocycles. The number of ether oxygens (including phenoxy) is 3. The van der Waals surface area contributed by atoms with Gasteiger partial charge in [0.15, 0.2) is 5.78 Å². The number of Topliss-reactive ketones (excluding diaryl/α,β-unsaturated/α-hetero) is 2. The Morgan fingerprint density at radius 3 is 1.25 bits per heavy atom. The number of ketones is 2. The lowest BCUT2D eigenvalue weighted by atomic mass is 10.0. The molecule has 2 amide bonds. The van der Waals surface area contributed by atoms with Crippen molar-refractivity contribution in [2.45, 2.75) is 103 Å². The molecule has 14 heteroatoms. The molecule has 13 nitrogen and oxygen atoms in total. The van der Waals surface area contributed by atoms with E-state index in [1.807, 2.05) is 112 Å². The molecule has 0 aliphatic carbocycles. The number of nitrogens with one attached hydrogen (secondary N) is 4. The van der Waals surface area contributed by atoms with Gasteiger partial charge in [0.1, 0.15) is 22.6 Å². The quantitative estimate of drug-likeness (QED) is 0.0391. The summed E-state index contributed by atoms with van der Waals surface area (Å²) in [4.78, 5) is 60.3. The summed E-state index contributed by atoms with van der Waals surface area (Å²) in [6, 6.07) is 31.1. The van der Waals surface area contributed by atoms with Gasteiger partial charge in [0.25, 0.3) is 5.78 Å². The van der Waals surface area contributed by atoms with Crippen molar-refractivity contribution in [3.05, 3.63) is 91.0 Å². The highest BCUT2D eigenvalue weighted by Gasteiger charge is 2.35. The van der Waals surface area contributed by atoms with Crippen molar-refractivity contribution in [3.8, 4) is 6.07 Å². The first-order valence-corrected chi connectivity index (χ1v) is 22.0. The third kappa shape index (κ3) is 16.4. The molecule has 0 aliphatic heterocycles. The number of hydrogen-bond donors (Lipinski definition) is 4. The topological polar surface area (TPSA) is 185 Å². The Labute approximate surface area is 356 Å². The number of unbranched alkanes of at least 4 members (excludes halogenated alkanes) is 2. The molecule has 0 fully saturated rings. The maximum atomic E-state index is 14.2. The smallest absolute Gasteiger partial charge is 0.407 e. The maximum Gasteiger partial charge on any atom is 0.407 e. The summed E-state index contributed by atoms with van der Waals surface area (Å²) in [7, 11) is 4.55. The molecular formula is C46H64N5O8P. The standard InChI is InChI=1S/C32H38N3O3P.C14H26N2O5/c1-32(2,3)38-31(37)35-23-15-14-22-28(34-4)30(36)29(24-33)39(25-16-8-5-9-17-25,26-18-10-6-11-19-26)27-20-12-7-13-21-27;1-14(2,3)21-13(19)16-9-7-6-8-10(15-4)11(17)12(18)20-5/h5-13,16-21,28,34H,14-15,22-23H2,1-4H3,(H,35,37);10,15H,6-9H2,1-5H3,(H,16,19). The molecule has 3 rings (SSSR count). The number of carbonyl (C=O) groups is 5. The predicted octanol–water partition coefficient (Wildman–Crippen LogP) is 5.54. The molecule has 3 aromatic rings. The fourth-order valence-electron chi connectivity index (χ4n) is 6.26. The van der Waals surface area contributed by atoms with Crippen molar-refractivity contribution in [3.63, 3.8) is 0 Å². The number of carbonyl (C=O) groups excluding carboxylic acids is 5. The van der Waals surface area contributed by atoms with Crippen LogP contribution >= 0.6 is 6.89 Å². The van der Waals surface area contributed by atoms with Gasteiger partial charge in [-0.3, -0.25) is 9.59 Å². The van der Waals surface area contributed by atoms with Crippen molar-refractivity contribution in [1.29, 1.82) is 5.26 Å². The van der Waals surface area contributed by atoms with Gasteiger partial charge in [-0.05, 0) is 117 Å². The van der Waals surface area contributed by atoms with Crippen LogP contribution < -0.4 is 37.2 Å². The van der Waals surface area contributed by atoms with Crippen molar-refractivity contribution in [2.24, 2.45) is 0 Å². The van der Waals surface area contributed by atoms with Crippen molar-refractivity contribution >= 4 is 57.8 Å². The number of esters is 1. The van der Waals surface area contributed by atoms with Crippen molar-refractivity contribution in [1.82, 2.24) is 21.3 Å². The minimum atomic E-state index is -2.77. The fraction of sp³-hybridized carbons (Fsp3) is 0.457. The fourth-order valence-corrected chi connectivity index (χ4v) is 10.4. The summed E-state index contributed by atoms with van der Waals surface area (Å²) in [6.07, 6.45) is 2.87. The Balaban J connectivity index is 0.000000501. The zero-order valence-electron chi connectivity index (χ0n) is 36.6. The molecule has 0 saturated carbocycles. The second-order valence-electron chi connectivity index (χ2n) is 15.9. The van der Waals surface area contributed by atoms with Gasteiger partial charge in [0.05, 0.1) is 19.2 Å². The summed E-state index contributed by atoms with van der Waals surface area (Å²) < 4.78 is 14.8. The van der Waals surface area contributed by atoms with Gasteiger partial charge in [-0.2, -0.15) is 5.26 Å². The summed E-state index contributed by atoms with van der Waals surface area (Å²) in [5.74, 6) is -1.62. The van der Waals surface area contributed by atoms with Crippen LogP contribution in [-0.2, 0) is 28.6 Å². The number of likely N-dealkylation sites (N-methyl/N-ethyl adjacent to an activating group) is 2. The zero-order chi connectivity index (χ0) is 44.8. The van der Waals surface area contributed by atoms with Gasteiger partial charge in [-0.25, -0.2) is 14.4 Å². The van der Waals surface area contributed by atoms with Crippen molar-refractivity contribution < 1.29 is 38.2 Å². The van der Waals surface area contributed by atoms with Crippen LogP contribution in [-0.4, -0.2) is 92.6 Å². The Hall–Kier alpha value is -5.28. The number of hydrogen-bond acceptors (Lipinski definition) is 11. The van der Waals surface area contributed by atoms with Gasteiger partial charge in [0, 0.05) is 13.1 Å². The molecule has 0 aliphatic rings. The molecule has 2 atom stereocenters. The zero-order valence-corrected chi connectivity index (χ0v) is 37.5. The molecule has 0 radical (unpaired) electrons. The summed E-state index contributed by atoms with van der Waals surface area (Å²) in [5.41, 5.74) is -1.07. The van der Waals surface area contributed by atoms with Crippen LogP contribution in [0.4, 0.5) is 9.59 Å². The number of rotatable bonds is 19. The maximum absolute atomic E-state index is 14.2. The molecular weight excluding hydrogens is 782 g/mol. The summed E-state index contributed by atoms with van der Waals surface area (Å²) >= 11 is 0. The molecule has 0 spiro atoms. The number of benzene rings is 3. The third-order valence-corrected chi connectivity index (χ3v) is 13.2. The van der Waals surface area contributed by atoms with E-state index in [0.29, 0.717) is 51.6 Å². The van der Waals surface area contributed by atoms with Gasteiger partial charge >= 0.3 is 18.2 Å². The van der Waals surface area contributed by atoms with Crippen LogP contribution in [0.15, 0.2) is 91.0 Å². The lowest BCUT2D eigenvalue weighted by Crippen LogP contribution is -2.42. The van der Waals surface area contributed by atoms with E-state index in [2.05, 4.69) is 32.1 Å². The number of alkyl carbamates (subject to hydrolysis) is 2. The molecule has 0 saturated heterocycles. The summed E-state index contributed by atoms with van der Waals surface area (Å²) in [6.45, 7) is 8.98. The second kappa shape index (κ2) is 25.4. The predicted molar refractivity (Wildman–Crippen MR) is 240 cm³/mol. The first kappa shape index (κ1) is 50.9. The van der Waals surface area contributed by atoms with Gasteiger partial charge in [0.2, 0.25) is 0 Å². The van der Waals surface area contributed by atoms with E-state index in [1.165, 1.54) is 7.11 Å². The summed E-state index contributed by atoms with van der Waals surface area (Å²) in [5, 5.41) is 25.2. The average molecular weight is 846 g/mol. The van der Waals surface area contributed by atoms with E-state index in [9.17, 15) is 29.2 Å². The first-order valence-electron chi connectivity index (χ1n) is 20.2. The van der Waals surface area contributed by atoms with Crippen LogP contribution in [0.1, 0.15) is 80.1 Å². The Morgan fingerprint density at radius 2 is 0.950 bits per heavy atom. The largest absolute Gasteiger partial charge is 0.463 e. The van der Waals surface area contributed by atoms with E-state index >= 15 is 0 Å². The lowest BCUT2D eigenvalue weighted by Gasteiger charge is -2.31. The Morgan fingerprint density at radius 1 is 0.600 bits per heavy atom. The lowest BCUT2D eigenvalue weighted by molar-refractivity contribution is -0.152. The highest BCUT2D eigenvalue weighted by atomic mass is 31.2. The highest BCUT2D eigenvalue weighted by Crippen LogP contribution is 2.46. The molecule has 60 heavy (non-hydrogen) atoms. The monoisotopic (exact) mass is 845 g/mol. The molecule has 0 heterocycles. The van der Waals surface area contributed by atoms with Crippen LogP contribution in [0.3, 0.4) is 0 Å². The normalized spacial score (nSPS) is 12.3. The molecule has 4 N–H and O–H groups in total. The Kier molecular flexibility index (Phi) is 21.5. The van der Waals surface area contributed by atoms with Crippen LogP contribution in [0.25, 0.3) is 0 Å². The third-order valence-electron chi connectivity index (χ3n) is 9.00. The van der Waals surface area contributed by atoms with Crippen LogP contribution in [0.5, 0.6) is 0 Å². The van der Waals surface area contributed by atoms with Gasteiger partial charge < -0.3 is 35.5 Å². The van der Waals surface area contributed by atoms with E-state index in [-0.39, 0.29) is 11.1 Å². The molecule has 326 valence electrons. The van der Waals surface area contributed by atoms with E-state index < -0.39 is 54.1 Å². The van der Waals surface area contributed by atoms with Crippen LogP contribution in [0.2, 0.25) is 0 Å². The van der Waals surface area contributed by atoms with Gasteiger partial charge in [-0.1, -0.05) is 91.0 Å². The van der Waals surface area contributed by atoms with E-state index in [1.54, 1.807) is 34.9 Å². The SMILES string of the molecule is CNC(CCCCNC(=O)OC(C)(C)C)C(=O)C(=O)OC.CNC(CCCCNC(=O)OC(C)(C)C)C(=O)C(C#N)=P(c1ccccc1)(c1ccccc1)c1ccccc1. The van der Waals surface area contributed by atoms with Crippen molar-refractivity contribution in [2.75, 3.05) is 34.3 Å². The molecule has 2 unspecified atom stereocenters. The Bertz CT molecular complexity index is 1820. The van der Waals surface area contributed by atoms with E-state index in [0.717, 1.165) is 15.9 Å². The average Bonchev–Trinajstić information content (AvgIpc) is 3.21. The molecule has 0 aromatic heterocycles. The number of amides is 2. The second-order valence-corrected chi connectivity index (χ2v) is 19.2. The first-order chi connectivity index (χ1) is 28.4. The number of methoxy groups -OCH3 is 1. The molecule has 0 bridgehead atoms. The minimum Gasteiger partial charge on any atom is -0.463 e. The minimum absolute atomic E-state index is 0.190. The van der Waals surface area contributed by atoms with E-state index in [4.69, 9.17) is 9.47 Å².